The molecule has 1 rings (SSSR count). The predicted octanol–water partition coefficient (Wildman–Crippen LogP) is -0.243. The number of rotatable bonds is 6. The first-order chi connectivity index (χ1) is 8.92. The zero-order valence-corrected chi connectivity index (χ0v) is 11.9. The molecule has 0 aromatic carbocycles. The Morgan fingerprint density at radius 3 is 2.63 bits per heavy atom. The summed E-state index contributed by atoms with van der Waals surface area (Å²) in [5.74, 6) is -0.327. The molecule has 0 spiro atoms. The Morgan fingerprint density at radius 2 is 2.16 bits per heavy atom. The molecule has 0 bridgehead atoms. The van der Waals surface area contributed by atoms with Crippen molar-refractivity contribution in [2.75, 3.05) is 26.7 Å². The molecule has 1 aliphatic heterocycles. The highest BCUT2D eigenvalue weighted by molar-refractivity contribution is 5.85. The Bertz CT molecular complexity index is 320. The van der Waals surface area contributed by atoms with E-state index in [9.17, 15) is 14.7 Å². The van der Waals surface area contributed by atoms with Gasteiger partial charge in [-0.1, -0.05) is 13.8 Å². The van der Waals surface area contributed by atoms with Crippen molar-refractivity contribution in [1.29, 1.82) is 0 Å². The fraction of sp³-hybridized carbons (Fsp3) is 0.846. The van der Waals surface area contributed by atoms with Gasteiger partial charge in [0.25, 0.3) is 0 Å². The molecule has 0 aromatic rings. The van der Waals surface area contributed by atoms with Gasteiger partial charge in [-0.3, -0.25) is 9.69 Å². The van der Waals surface area contributed by atoms with Gasteiger partial charge in [-0.15, -0.1) is 0 Å². The monoisotopic (exact) mass is 272 g/mol. The van der Waals surface area contributed by atoms with Crippen LogP contribution >= 0.6 is 0 Å². The first kappa shape index (κ1) is 15.9. The summed E-state index contributed by atoms with van der Waals surface area (Å²) in [6.45, 7) is 5.41. The lowest BCUT2D eigenvalue weighted by Crippen LogP contribution is -2.46. The van der Waals surface area contributed by atoms with Gasteiger partial charge in [-0.25, -0.2) is 4.79 Å². The number of aliphatic hydroxyl groups excluding tert-OH is 1. The number of methoxy groups -OCH3 is 1. The summed E-state index contributed by atoms with van der Waals surface area (Å²) < 4.78 is 4.69. The molecule has 0 saturated carbocycles. The molecule has 2 N–H and O–H groups in total. The number of nitrogens with zero attached hydrogens (tertiary/aromatic N) is 1. The van der Waals surface area contributed by atoms with Crippen LogP contribution < -0.4 is 5.32 Å². The van der Waals surface area contributed by atoms with Crippen LogP contribution in [-0.2, 0) is 14.3 Å². The molecule has 110 valence electrons. The van der Waals surface area contributed by atoms with Crippen LogP contribution in [0.5, 0.6) is 0 Å². The molecule has 0 aliphatic carbocycles. The van der Waals surface area contributed by atoms with Gasteiger partial charge in [0.05, 0.1) is 19.8 Å². The largest absolute Gasteiger partial charge is 0.467 e. The molecule has 1 unspecified atom stereocenters. The third kappa shape index (κ3) is 5.57. The van der Waals surface area contributed by atoms with Gasteiger partial charge in [0.15, 0.2) is 0 Å². The van der Waals surface area contributed by atoms with Crippen LogP contribution in [0.2, 0.25) is 0 Å². The molecule has 6 nitrogen and oxygen atoms in total. The predicted molar refractivity (Wildman–Crippen MR) is 70.5 cm³/mol. The molecule has 1 aliphatic rings. The normalized spacial score (nSPS) is 21.4. The molecule has 0 radical (unpaired) electrons. The number of carbonyl (C=O) groups is 2. The third-order valence-corrected chi connectivity index (χ3v) is 3.14. The van der Waals surface area contributed by atoms with Crippen molar-refractivity contribution in [3.63, 3.8) is 0 Å². The fourth-order valence-electron chi connectivity index (χ4n) is 2.23. The Morgan fingerprint density at radius 1 is 1.47 bits per heavy atom. The smallest absolute Gasteiger partial charge is 0.328 e. The second kappa shape index (κ2) is 7.45. The minimum Gasteiger partial charge on any atom is -0.467 e. The topological polar surface area (TPSA) is 78.9 Å². The second-order valence-corrected chi connectivity index (χ2v) is 5.45. The van der Waals surface area contributed by atoms with Gasteiger partial charge >= 0.3 is 5.97 Å². The number of esters is 1. The Balaban J connectivity index is 2.44. The van der Waals surface area contributed by atoms with Crippen LogP contribution in [0.4, 0.5) is 0 Å². The van der Waals surface area contributed by atoms with Crippen LogP contribution in [0.3, 0.4) is 0 Å². The lowest BCUT2D eigenvalue weighted by molar-refractivity contribution is -0.145. The maximum absolute atomic E-state index is 11.9. The van der Waals surface area contributed by atoms with E-state index in [-0.39, 0.29) is 24.5 Å². The second-order valence-electron chi connectivity index (χ2n) is 5.45. The van der Waals surface area contributed by atoms with E-state index >= 15 is 0 Å². The van der Waals surface area contributed by atoms with Crippen molar-refractivity contribution in [3.05, 3.63) is 0 Å². The number of amides is 1. The first-order valence-corrected chi connectivity index (χ1v) is 6.70. The number of β-amino-alcohol motifs (C(OH)–C–C–N with tert-alkyl or cyclic N) is 1. The van der Waals surface area contributed by atoms with E-state index in [1.54, 1.807) is 0 Å². The highest BCUT2D eigenvalue weighted by Crippen LogP contribution is 2.09. The number of aliphatic hydroxyl groups is 1. The molecule has 6 heteroatoms. The molecular weight excluding hydrogens is 248 g/mol. The molecular formula is C13H24N2O4. The minimum absolute atomic E-state index is 0.204. The van der Waals surface area contributed by atoms with Crippen molar-refractivity contribution in [2.24, 2.45) is 5.92 Å². The maximum atomic E-state index is 11.9. The summed E-state index contributed by atoms with van der Waals surface area (Å²) in [5, 5.41) is 12.1. The van der Waals surface area contributed by atoms with Crippen molar-refractivity contribution < 1.29 is 19.4 Å². The Hall–Kier alpha value is -1.14. The van der Waals surface area contributed by atoms with Gasteiger partial charge in [-0.2, -0.15) is 0 Å². The zero-order chi connectivity index (χ0) is 14.4. The van der Waals surface area contributed by atoms with Crippen LogP contribution in [-0.4, -0.2) is 60.8 Å². The lowest BCUT2D eigenvalue weighted by atomic mass is 10.0. The molecule has 2 atom stereocenters. The van der Waals surface area contributed by atoms with E-state index in [0.717, 1.165) is 0 Å². The van der Waals surface area contributed by atoms with Gasteiger partial charge < -0.3 is 15.2 Å². The average molecular weight is 272 g/mol. The lowest BCUT2D eigenvalue weighted by Gasteiger charge is -2.20. The number of likely N-dealkylation sites (tertiary alicyclic amines) is 1. The number of hydrogen-bond acceptors (Lipinski definition) is 5. The van der Waals surface area contributed by atoms with E-state index in [2.05, 4.69) is 5.32 Å². The molecule has 1 saturated heterocycles. The van der Waals surface area contributed by atoms with Gasteiger partial charge in [0, 0.05) is 13.1 Å². The molecule has 0 aromatic heterocycles. The summed E-state index contributed by atoms with van der Waals surface area (Å²) in [7, 11) is 1.32. The maximum Gasteiger partial charge on any atom is 0.328 e. The number of ether oxygens (including phenoxy) is 1. The van der Waals surface area contributed by atoms with Crippen LogP contribution in [0.1, 0.15) is 26.7 Å². The van der Waals surface area contributed by atoms with E-state index in [1.165, 1.54) is 7.11 Å². The summed E-state index contributed by atoms with van der Waals surface area (Å²) in [6.07, 6.45) is 0.903. The van der Waals surface area contributed by atoms with Gasteiger partial charge in [0.1, 0.15) is 6.04 Å². The highest BCUT2D eigenvalue weighted by Gasteiger charge is 2.26. The van der Waals surface area contributed by atoms with Gasteiger partial charge in [-0.05, 0) is 18.8 Å². The zero-order valence-electron chi connectivity index (χ0n) is 11.9. The number of carbonyl (C=O) groups excluding carboxylic acids is 2. The average Bonchev–Trinajstić information content (AvgIpc) is 2.72. The summed E-state index contributed by atoms with van der Waals surface area (Å²) >= 11 is 0. The summed E-state index contributed by atoms with van der Waals surface area (Å²) in [4.78, 5) is 25.3. The summed E-state index contributed by atoms with van der Waals surface area (Å²) in [6, 6.07) is -0.593. The molecule has 1 amide bonds. The summed E-state index contributed by atoms with van der Waals surface area (Å²) in [5.41, 5.74) is 0. The Kier molecular flexibility index (Phi) is 6.24. The van der Waals surface area contributed by atoms with E-state index in [0.29, 0.717) is 25.9 Å². The van der Waals surface area contributed by atoms with Gasteiger partial charge in [0.2, 0.25) is 5.91 Å². The van der Waals surface area contributed by atoms with Crippen molar-refractivity contribution >= 4 is 11.9 Å². The third-order valence-electron chi connectivity index (χ3n) is 3.14. The quantitative estimate of drug-likeness (QED) is 0.652. The Labute approximate surface area is 114 Å². The van der Waals surface area contributed by atoms with E-state index < -0.39 is 12.0 Å². The highest BCUT2D eigenvalue weighted by atomic mass is 16.5. The number of nitrogens with one attached hydrogen (secondary N) is 1. The van der Waals surface area contributed by atoms with E-state index in [1.807, 2.05) is 18.7 Å². The first-order valence-electron chi connectivity index (χ1n) is 6.70. The molecule has 19 heavy (non-hydrogen) atoms. The van der Waals surface area contributed by atoms with Crippen molar-refractivity contribution in [2.45, 2.75) is 38.8 Å². The van der Waals surface area contributed by atoms with E-state index in [4.69, 9.17) is 4.74 Å². The van der Waals surface area contributed by atoms with Crippen molar-refractivity contribution in [3.8, 4) is 0 Å². The standard InChI is InChI=1S/C13H24N2O4/c1-9(2)6-11(13(18)19-3)14-12(17)8-15-5-4-10(16)7-15/h9-11,16H,4-8H2,1-3H3,(H,14,17)/t10-,11?/m0/s1. The minimum atomic E-state index is -0.593. The van der Waals surface area contributed by atoms with Crippen LogP contribution in [0.25, 0.3) is 0 Å². The van der Waals surface area contributed by atoms with Crippen molar-refractivity contribution in [1.82, 2.24) is 10.2 Å². The van der Waals surface area contributed by atoms with Crippen LogP contribution in [0, 0.1) is 5.92 Å². The molecule has 1 fully saturated rings. The van der Waals surface area contributed by atoms with Crippen LogP contribution in [0.15, 0.2) is 0 Å². The fourth-order valence-corrected chi connectivity index (χ4v) is 2.23. The molecule has 1 heterocycles. The number of hydrogen-bond donors (Lipinski definition) is 2. The SMILES string of the molecule is COC(=O)C(CC(C)C)NC(=O)CN1CC[C@H](O)C1.